The van der Waals surface area contributed by atoms with Gasteiger partial charge < -0.3 is 15.2 Å². The summed E-state index contributed by atoms with van der Waals surface area (Å²) in [4.78, 5) is 12.7. The summed E-state index contributed by atoms with van der Waals surface area (Å²) in [7, 11) is -3.30. The fourth-order valence-electron chi connectivity index (χ4n) is 3.88. The van der Waals surface area contributed by atoms with Gasteiger partial charge in [0.15, 0.2) is 0 Å². The van der Waals surface area contributed by atoms with E-state index in [0.29, 0.717) is 16.5 Å². The fraction of sp³-hybridized carbons (Fsp3) is 0.115. The molecule has 0 atom stereocenters. The molecule has 0 aliphatic heterocycles. The maximum atomic E-state index is 13.5. The molecule has 0 unspecified atom stereocenters. The maximum absolute atomic E-state index is 13.5. The van der Waals surface area contributed by atoms with Crippen molar-refractivity contribution in [2.75, 3.05) is 12.4 Å². The van der Waals surface area contributed by atoms with E-state index in [1.165, 1.54) is 25.3 Å². The number of carbonyl (C=O) groups is 1. The maximum Gasteiger partial charge on any atom is 1.00 e. The number of carbonyl (C=O) groups excluding carboxylic acids is 1. The predicted octanol–water partition coefficient (Wildman–Crippen LogP) is 3.71. The smallest absolute Gasteiger partial charge is 0.870 e. The summed E-state index contributed by atoms with van der Waals surface area (Å²) in [5.74, 6) is -1.18. The van der Waals surface area contributed by atoms with Crippen LogP contribution < -0.4 is 44.7 Å². The summed E-state index contributed by atoms with van der Waals surface area (Å²) in [5, 5.41) is 25.0. The number of amides is 1. The number of rotatable bonds is 7. The molecule has 0 saturated heterocycles. The molecule has 4 aromatic rings. The molecule has 39 heavy (non-hydrogen) atoms. The molecular formula is C26H20Cl2N3NaO6S. The number of anilines is 1. The predicted molar refractivity (Wildman–Crippen MR) is 144 cm³/mol. The molecule has 0 aliphatic carbocycles. The molecule has 0 radical (unpaired) electrons. The first-order valence-electron chi connectivity index (χ1n) is 11.1. The number of methoxy groups -OCH3 is 1. The number of hydrogen-bond donors (Lipinski definition) is 2. The molecule has 4 rings (SSSR count). The van der Waals surface area contributed by atoms with Crippen LogP contribution in [0.2, 0.25) is 10.0 Å². The third-order valence-corrected chi connectivity index (χ3v) is 7.37. The van der Waals surface area contributed by atoms with E-state index in [0.717, 1.165) is 0 Å². The van der Waals surface area contributed by atoms with Crippen molar-refractivity contribution in [2.45, 2.75) is 18.2 Å². The summed E-state index contributed by atoms with van der Waals surface area (Å²) in [6, 6.07) is 15.7. The van der Waals surface area contributed by atoms with Crippen LogP contribution in [0.3, 0.4) is 0 Å². The van der Waals surface area contributed by atoms with Gasteiger partial charge in [-0.25, -0.2) is 0 Å². The Bertz CT molecular complexity index is 1710. The Labute approximate surface area is 256 Å². The summed E-state index contributed by atoms with van der Waals surface area (Å²) in [6.45, 7) is 1.69. The van der Waals surface area contributed by atoms with Gasteiger partial charge in [-0.3, -0.25) is 9.35 Å². The van der Waals surface area contributed by atoms with Crippen molar-refractivity contribution in [2.24, 2.45) is 10.2 Å². The quantitative estimate of drug-likeness (QED) is 0.189. The van der Waals surface area contributed by atoms with Gasteiger partial charge in [0.1, 0.15) is 21.4 Å². The van der Waals surface area contributed by atoms with Crippen LogP contribution in [0.15, 0.2) is 75.8 Å². The Morgan fingerprint density at radius 2 is 1.74 bits per heavy atom. The minimum Gasteiger partial charge on any atom is -0.870 e. The summed E-state index contributed by atoms with van der Waals surface area (Å²) in [6.07, 6.45) is 0.257. The summed E-state index contributed by atoms with van der Waals surface area (Å²) in [5.41, 5.74) is -0.298. The molecule has 0 fully saturated rings. The Morgan fingerprint density at radius 3 is 2.41 bits per heavy atom. The molecule has 0 saturated carbocycles. The minimum atomic E-state index is -4.72. The number of halogens is 2. The van der Waals surface area contributed by atoms with Gasteiger partial charge in [0.2, 0.25) is 0 Å². The van der Waals surface area contributed by atoms with E-state index in [9.17, 15) is 22.9 Å². The molecule has 2 N–H and O–H groups in total. The normalized spacial score (nSPS) is 11.4. The van der Waals surface area contributed by atoms with Crippen LogP contribution in [-0.4, -0.2) is 26.0 Å². The third-order valence-electron chi connectivity index (χ3n) is 5.70. The first-order valence-corrected chi connectivity index (χ1v) is 13.3. The van der Waals surface area contributed by atoms with E-state index in [1.807, 2.05) is 0 Å². The van der Waals surface area contributed by atoms with Crippen molar-refractivity contribution in [1.29, 1.82) is 0 Å². The topological polar surface area (TPSA) is 140 Å². The monoisotopic (exact) mass is 595 g/mol. The van der Waals surface area contributed by atoms with Crippen molar-refractivity contribution in [3.05, 3.63) is 81.8 Å². The van der Waals surface area contributed by atoms with Crippen molar-refractivity contribution in [1.82, 2.24) is 0 Å². The zero-order valence-electron chi connectivity index (χ0n) is 21.0. The first kappa shape index (κ1) is 30.8. The third kappa shape index (κ3) is 6.38. The Morgan fingerprint density at radius 1 is 1.05 bits per heavy atom. The largest absolute Gasteiger partial charge is 1.00 e. The minimum absolute atomic E-state index is 0. The molecule has 4 aromatic carbocycles. The van der Waals surface area contributed by atoms with Crippen LogP contribution in [0, 0.1) is 0 Å². The van der Waals surface area contributed by atoms with E-state index >= 15 is 0 Å². The molecule has 9 nitrogen and oxygen atoms in total. The van der Waals surface area contributed by atoms with Crippen LogP contribution >= 0.6 is 23.2 Å². The second-order valence-electron chi connectivity index (χ2n) is 8.01. The summed E-state index contributed by atoms with van der Waals surface area (Å²) < 4.78 is 39.2. The number of ether oxygens (including phenoxy) is 1. The van der Waals surface area contributed by atoms with Gasteiger partial charge in [-0.15, -0.1) is 5.11 Å². The molecule has 0 aromatic heterocycles. The average molecular weight is 596 g/mol. The van der Waals surface area contributed by atoms with E-state index < -0.39 is 26.7 Å². The number of azo groups is 1. The van der Waals surface area contributed by atoms with Crippen molar-refractivity contribution in [3.8, 4) is 11.5 Å². The van der Waals surface area contributed by atoms with Gasteiger partial charge >= 0.3 is 29.6 Å². The molecule has 0 aliphatic rings. The van der Waals surface area contributed by atoms with Gasteiger partial charge in [0, 0.05) is 10.9 Å². The number of hydrogen-bond acceptors (Lipinski definition) is 7. The van der Waals surface area contributed by atoms with Gasteiger partial charge in [0.05, 0.1) is 23.5 Å². The van der Waals surface area contributed by atoms with Crippen LogP contribution in [0.1, 0.15) is 22.8 Å². The van der Waals surface area contributed by atoms with Crippen molar-refractivity contribution < 1.29 is 57.2 Å². The molecular weight excluding hydrogens is 576 g/mol. The number of fused-ring (bicyclic) bond motifs is 1. The molecule has 196 valence electrons. The number of nitrogens with one attached hydrogen (secondary N) is 1. The molecule has 0 heterocycles. The number of nitrogens with zero attached hydrogens (tertiary/aromatic N) is 2. The van der Waals surface area contributed by atoms with E-state index in [1.54, 1.807) is 49.4 Å². The zero-order valence-corrected chi connectivity index (χ0v) is 25.4. The van der Waals surface area contributed by atoms with Gasteiger partial charge in [0.25, 0.3) is 16.0 Å². The van der Waals surface area contributed by atoms with Crippen LogP contribution in [0.4, 0.5) is 17.1 Å². The van der Waals surface area contributed by atoms with Crippen LogP contribution in [-0.2, 0) is 16.5 Å². The van der Waals surface area contributed by atoms with Crippen molar-refractivity contribution >= 4 is 67.1 Å². The molecule has 1 amide bonds. The molecule has 0 spiro atoms. The van der Waals surface area contributed by atoms with Gasteiger partial charge in [-0.1, -0.05) is 72.3 Å². The number of aryl methyl sites for hydroxylation is 1. The number of benzene rings is 4. The molecule has 13 heteroatoms. The zero-order chi connectivity index (χ0) is 27.6. The fourth-order valence-corrected chi connectivity index (χ4v) is 5.32. The van der Waals surface area contributed by atoms with Crippen molar-refractivity contribution in [3.63, 3.8) is 0 Å². The van der Waals surface area contributed by atoms with Gasteiger partial charge in [-0.05, 0) is 41.6 Å². The summed E-state index contributed by atoms with van der Waals surface area (Å²) >= 11 is 12.5. The van der Waals surface area contributed by atoms with E-state index in [-0.39, 0.29) is 74.2 Å². The Balaban J connectivity index is 0.00000420. The van der Waals surface area contributed by atoms with Gasteiger partial charge in [-0.2, -0.15) is 13.5 Å². The Hall–Kier alpha value is -2.70. The molecule has 0 bridgehead atoms. The second kappa shape index (κ2) is 12.6. The standard InChI is InChI=1S/C26H21Cl2N3O6S.Na/c1-3-14-11-12-18(27)23(25(14)38(34,35)36)31-30-22-16-8-5-4-7-15(16)13-17(24(22)32)26(33)29-19-9-6-10-20(37-2)21(19)28;/h4-13,32H,3H2,1-2H3,(H,29,33)(H,34,35,36);/q;+1/p-1. The second-order valence-corrected chi connectivity index (χ2v) is 10.2. The van der Waals surface area contributed by atoms with E-state index in [2.05, 4.69) is 15.5 Å². The SMILES string of the molecule is CCc1ccc(Cl)c(N=Nc2c([O-])c(C(=O)Nc3cccc(OC)c3Cl)cc3ccccc23)c1S(=O)(=O)O.[Na+]. The van der Waals surface area contributed by atoms with Crippen LogP contribution in [0.5, 0.6) is 11.5 Å². The van der Waals surface area contributed by atoms with Crippen LogP contribution in [0.25, 0.3) is 10.8 Å². The Kier molecular flexibility index (Phi) is 10.0. The average Bonchev–Trinajstić information content (AvgIpc) is 2.88. The first-order chi connectivity index (χ1) is 18.1. The van der Waals surface area contributed by atoms with E-state index in [4.69, 9.17) is 27.9 Å².